The van der Waals surface area contributed by atoms with Gasteiger partial charge in [0.2, 0.25) is 5.91 Å². The van der Waals surface area contributed by atoms with Crippen molar-refractivity contribution in [3.05, 3.63) is 70.4 Å². The molecule has 1 heterocycles. The number of hydrogen-bond donors (Lipinski definition) is 3. The molecule has 0 saturated carbocycles. The second kappa shape index (κ2) is 8.24. The number of rotatable bonds is 6. The van der Waals surface area contributed by atoms with Crippen LogP contribution in [-0.2, 0) is 16.1 Å². The van der Waals surface area contributed by atoms with E-state index in [1.54, 1.807) is 25.1 Å². The van der Waals surface area contributed by atoms with Crippen LogP contribution in [0.2, 0.25) is 5.02 Å². The van der Waals surface area contributed by atoms with Gasteiger partial charge in [-0.15, -0.1) is 0 Å². The minimum absolute atomic E-state index is 0.163. The van der Waals surface area contributed by atoms with Gasteiger partial charge < -0.3 is 20.8 Å². The second-order valence-corrected chi connectivity index (χ2v) is 6.44. The number of nitrogens with one attached hydrogen (secondary N) is 2. The van der Waals surface area contributed by atoms with Crippen molar-refractivity contribution in [3.8, 4) is 0 Å². The smallest absolute Gasteiger partial charge is 0.355 e. The van der Waals surface area contributed by atoms with E-state index in [1.165, 1.54) is 0 Å². The molecule has 140 valence electrons. The Kier molecular flexibility index (Phi) is 5.78. The summed E-state index contributed by atoms with van der Waals surface area (Å²) in [6, 6.07) is 13.6. The Morgan fingerprint density at radius 1 is 1.22 bits per heavy atom. The first-order chi connectivity index (χ1) is 13.0. The maximum atomic E-state index is 12.6. The van der Waals surface area contributed by atoms with Gasteiger partial charge in [0.15, 0.2) is 0 Å². The van der Waals surface area contributed by atoms with E-state index >= 15 is 0 Å². The van der Waals surface area contributed by atoms with E-state index in [0.29, 0.717) is 28.0 Å². The zero-order chi connectivity index (χ0) is 19.4. The monoisotopic (exact) mass is 385 g/mol. The van der Waals surface area contributed by atoms with Crippen LogP contribution in [0.3, 0.4) is 0 Å². The lowest BCUT2D eigenvalue weighted by atomic mass is 10.0. The van der Waals surface area contributed by atoms with E-state index in [0.717, 1.165) is 5.56 Å². The normalized spacial score (nSPS) is 12.0. The third kappa shape index (κ3) is 4.13. The van der Waals surface area contributed by atoms with E-state index < -0.39 is 12.0 Å². The first-order valence-electron chi connectivity index (χ1n) is 8.56. The molecule has 27 heavy (non-hydrogen) atoms. The molecule has 0 saturated heterocycles. The summed E-state index contributed by atoms with van der Waals surface area (Å²) in [5.74, 6) is -0.952. The molecule has 0 fully saturated rings. The van der Waals surface area contributed by atoms with Crippen LogP contribution in [0.25, 0.3) is 10.9 Å². The van der Waals surface area contributed by atoms with Crippen LogP contribution < -0.4 is 11.1 Å². The van der Waals surface area contributed by atoms with E-state index in [-0.39, 0.29) is 18.2 Å². The molecule has 7 heteroatoms. The molecule has 0 aliphatic heterocycles. The van der Waals surface area contributed by atoms with E-state index in [4.69, 9.17) is 22.1 Å². The summed E-state index contributed by atoms with van der Waals surface area (Å²) < 4.78 is 5.10. The van der Waals surface area contributed by atoms with Crippen molar-refractivity contribution in [1.29, 1.82) is 0 Å². The Bertz CT molecular complexity index is 969. The number of benzene rings is 2. The van der Waals surface area contributed by atoms with Crippen LogP contribution in [0, 0.1) is 0 Å². The Morgan fingerprint density at radius 3 is 2.67 bits per heavy atom. The minimum Gasteiger partial charge on any atom is -0.461 e. The standard InChI is InChI=1S/C20H20ClN3O3/c1-2-27-20(26)18-16(14-9-8-13(21)10-15(14)24-18)17(22)19(25)23-11-12-6-4-3-5-7-12/h3-10,17,24H,2,11,22H2,1H3,(H,23,25). The van der Waals surface area contributed by atoms with Crippen LogP contribution in [0.4, 0.5) is 0 Å². The number of fused-ring (bicyclic) bond motifs is 1. The Hall–Kier alpha value is -2.83. The van der Waals surface area contributed by atoms with Gasteiger partial charge in [0.1, 0.15) is 11.7 Å². The predicted octanol–water partition coefficient (Wildman–Crippen LogP) is 3.31. The Balaban J connectivity index is 1.91. The summed E-state index contributed by atoms with van der Waals surface area (Å²) in [5, 5.41) is 3.97. The van der Waals surface area contributed by atoms with Crippen molar-refractivity contribution in [2.24, 2.45) is 5.73 Å². The molecule has 0 radical (unpaired) electrons. The van der Waals surface area contributed by atoms with Crippen molar-refractivity contribution >= 4 is 34.4 Å². The quantitative estimate of drug-likeness (QED) is 0.567. The third-order valence-electron chi connectivity index (χ3n) is 4.18. The molecule has 2 aromatic carbocycles. The van der Waals surface area contributed by atoms with Crippen LogP contribution in [0.15, 0.2) is 48.5 Å². The van der Waals surface area contributed by atoms with E-state index in [9.17, 15) is 9.59 Å². The highest BCUT2D eigenvalue weighted by Gasteiger charge is 2.27. The highest BCUT2D eigenvalue weighted by atomic mass is 35.5. The van der Waals surface area contributed by atoms with Gasteiger partial charge >= 0.3 is 5.97 Å². The summed E-state index contributed by atoms with van der Waals surface area (Å²) in [6.45, 7) is 2.27. The maximum Gasteiger partial charge on any atom is 0.355 e. The molecule has 0 spiro atoms. The number of ether oxygens (including phenoxy) is 1. The fourth-order valence-electron chi connectivity index (χ4n) is 2.90. The SMILES string of the molecule is CCOC(=O)c1[nH]c2cc(Cl)ccc2c1C(N)C(=O)NCc1ccccc1. The van der Waals surface area contributed by atoms with Crippen molar-refractivity contribution < 1.29 is 14.3 Å². The molecule has 0 aliphatic rings. The Labute approximate surface area is 161 Å². The van der Waals surface area contributed by atoms with Crippen LogP contribution >= 0.6 is 11.6 Å². The zero-order valence-corrected chi connectivity index (χ0v) is 15.5. The van der Waals surface area contributed by atoms with E-state index in [1.807, 2.05) is 30.3 Å². The second-order valence-electron chi connectivity index (χ2n) is 6.01. The van der Waals surface area contributed by atoms with E-state index in [2.05, 4.69) is 10.3 Å². The van der Waals surface area contributed by atoms with Crippen LogP contribution in [0.1, 0.15) is 34.6 Å². The number of carbonyl (C=O) groups excluding carboxylic acids is 2. The molecule has 3 aromatic rings. The van der Waals surface area contributed by atoms with Crippen molar-refractivity contribution in [1.82, 2.24) is 10.3 Å². The van der Waals surface area contributed by atoms with Gasteiger partial charge in [0.05, 0.1) is 6.61 Å². The number of aromatic nitrogens is 1. The molecular formula is C20H20ClN3O3. The lowest BCUT2D eigenvalue weighted by Gasteiger charge is -2.14. The van der Waals surface area contributed by atoms with Gasteiger partial charge in [-0.1, -0.05) is 48.0 Å². The molecule has 0 aliphatic carbocycles. The zero-order valence-electron chi connectivity index (χ0n) is 14.8. The van der Waals surface area contributed by atoms with Gasteiger partial charge in [-0.3, -0.25) is 4.79 Å². The minimum atomic E-state index is -1.04. The fraction of sp³-hybridized carbons (Fsp3) is 0.200. The number of esters is 1. The molecular weight excluding hydrogens is 366 g/mol. The third-order valence-corrected chi connectivity index (χ3v) is 4.42. The van der Waals surface area contributed by atoms with Crippen molar-refractivity contribution in [3.63, 3.8) is 0 Å². The van der Waals surface area contributed by atoms with Crippen molar-refractivity contribution in [2.45, 2.75) is 19.5 Å². The highest BCUT2D eigenvalue weighted by Crippen LogP contribution is 2.30. The largest absolute Gasteiger partial charge is 0.461 e. The summed E-state index contributed by atoms with van der Waals surface area (Å²) in [5.41, 5.74) is 8.34. The maximum absolute atomic E-state index is 12.6. The molecule has 4 N–H and O–H groups in total. The number of hydrogen-bond acceptors (Lipinski definition) is 4. The Morgan fingerprint density at radius 2 is 1.96 bits per heavy atom. The van der Waals surface area contributed by atoms with Crippen molar-refractivity contribution in [2.75, 3.05) is 6.61 Å². The molecule has 3 rings (SSSR count). The highest BCUT2D eigenvalue weighted by molar-refractivity contribution is 6.31. The summed E-state index contributed by atoms with van der Waals surface area (Å²) in [7, 11) is 0. The first kappa shape index (κ1) is 18.9. The van der Waals surface area contributed by atoms with Crippen LogP contribution in [0.5, 0.6) is 0 Å². The molecule has 1 aromatic heterocycles. The van der Waals surface area contributed by atoms with Gasteiger partial charge in [0, 0.05) is 28.0 Å². The summed E-state index contributed by atoms with van der Waals surface area (Å²) in [6.07, 6.45) is 0. The predicted molar refractivity (Wildman–Crippen MR) is 104 cm³/mol. The summed E-state index contributed by atoms with van der Waals surface area (Å²) >= 11 is 6.03. The summed E-state index contributed by atoms with van der Waals surface area (Å²) in [4.78, 5) is 28.0. The molecule has 0 bridgehead atoms. The van der Waals surface area contributed by atoms with Gasteiger partial charge in [-0.05, 0) is 24.6 Å². The molecule has 1 atom stereocenters. The van der Waals surface area contributed by atoms with Crippen LogP contribution in [-0.4, -0.2) is 23.5 Å². The average molecular weight is 386 g/mol. The number of nitrogens with two attached hydrogens (primary N) is 1. The topological polar surface area (TPSA) is 97.2 Å². The number of halogens is 1. The molecule has 1 amide bonds. The average Bonchev–Trinajstić information content (AvgIpc) is 3.05. The first-order valence-corrected chi connectivity index (χ1v) is 8.94. The number of amides is 1. The van der Waals surface area contributed by atoms with Gasteiger partial charge in [-0.2, -0.15) is 0 Å². The number of carbonyl (C=O) groups is 2. The number of aromatic amines is 1. The lowest BCUT2D eigenvalue weighted by molar-refractivity contribution is -0.122. The van der Waals surface area contributed by atoms with Gasteiger partial charge in [0.25, 0.3) is 0 Å². The van der Waals surface area contributed by atoms with Gasteiger partial charge in [-0.25, -0.2) is 4.79 Å². The number of H-pyrrole nitrogens is 1. The molecule has 1 unspecified atom stereocenters. The lowest BCUT2D eigenvalue weighted by Crippen LogP contribution is -2.34. The molecule has 6 nitrogen and oxygen atoms in total. The fourth-order valence-corrected chi connectivity index (χ4v) is 3.08.